The monoisotopic (exact) mass is 392 g/mol. The molecule has 0 amide bonds. The maximum Gasteiger partial charge on any atom is 0.224 e. The van der Waals surface area contributed by atoms with Crippen LogP contribution in [0, 0.1) is 0 Å². The number of aromatic hydroxyl groups is 1. The fourth-order valence-corrected chi connectivity index (χ4v) is 2.48. The molecule has 0 aliphatic heterocycles. The Hall–Kier alpha value is -0.920. The molecule has 0 saturated carbocycles. The highest BCUT2D eigenvalue weighted by Gasteiger charge is 2.07. The highest BCUT2D eigenvalue weighted by Crippen LogP contribution is 2.30. The summed E-state index contributed by atoms with van der Waals surface area (Å²) in [4.78, 5) is 0. The van der Waals surface area contributed by atoms with Crippen LogP contribution in [0.5, 0.6) is 5.75 Å². The normalized spacial score (nSPS) is 10.3. The van der Waals surface area contributed by atoms with E-state index in [2.05, 4.69) is 54.3 Å². The first-order valence-corrected chi connectivity index (χ1v) is 6.95. The molecule has 96 valence electrons. The van der Waals surface area contributed by atoms with Gasteiger partial charge in [0.2, 0.25) is 11.3 Å². The van der Waals surface area contributed by atoms with Gasteiger partial charge in [-0.1, -0.05) is 22.0 Å². The lowest BCUT2D eigenvalue weighted by atomic mass is 10.2. The van der Waals surface area contributed by atoms with E-state index < -0.39 is 0 Å². The van der Waals surface area contributed by atoms with Crippen molar-refractivity contribution in [1.82, 2.24) is 10.7 Å². The second-order valence-corrected chi connectivity index (χ2v) is 5.42. The first-order valence-electron chi connectivity index (χ1n) is 4.96. The second-order valence-electron chi connectivity index (χ2n) is 3.24. The number of halogens is 2. The van der Waals surface area contributed by atoms with Crippen LogP contribution in [0.15, 0.2) is 33.7 Å². The van der Waals surface area contributed by atoms with Crippen molar-refractivity contribution < 1.29 is 10.2 Å². The largest absolute Gasteiger partial charge is 0.506 e. The van der Waals surface area contributed by atoms with Crippen LogP contribution in [-0.2, 0) is 0 Å². The number of phenols is 1. The molecular weight excluding hydrogens is 382 g/mol. The number of nitrogens with one attached hydrogen (secondary N) is 3. The smallest absolute Gasteiger partial charge is 0.224 e. The summed E-state index contributed by atoms with van der Waals surface area (Å²) in [6.45, 7) is 4.15. The molecule has 18 heavy (non-hydrogen) atoms. The Morgan fingerprint density at radius 3 is 2.89 bits per heavy atom. The summed E-state index contributed by atoms with van der Waals surface area (Å²) in [6.07, 6.45) is 3.31. The van der Waals surface area contributed by atoms with E-state index in [9.17, 15) is 5.11 Å². The summed E-state index contributed by atoms with van der Waals surface area (Å²) >= 11 is 11.6. The van der Waals surface area contributed by atoms with Crippen molar-refractivity contribution in [1.29, 1.82) is 0 Å². The maximum absolute atomic E-state index is 9.80. The summed E-state index contributed by atoms with van der Waals surface area (Å²) in [7, 11) is 0. The number of rotatable bonds is 4. The van der Waals surface area contributed by atoms with Gasteiger partial charge in [-0.15, -0.1) is 17.1 Å². The predicted molar refractivity (Wildman–Crippen MR) is 83.6 cm³/mol. The van der Waals surface area contributed by atoms with E-state index in [1.165, 1.54) is 0 Å². The van der Waals surface area contributed by atoms with Gasteiger partial charge in [0.1, 0.15) is 5.75 Å². The SMILES string of the molecule is C=CCNC(=S)N[NH+]=Cc1cc(Br)cc(Br)c1O. The van der Waals surface area contributed by atoms with Crippen LogP contribution in [0.4, 0.5) is 0 Å². The summed E-state index contributed by atoms with van der Waals surface area (Å²) in [5.41, 5.74) is 3.38. The molecule has 1 rings (SSSR count). The zero-order valence-corrected chi connectivity index (χ0v) is 13.3. The lowest BCUT2D eigenvalue weighted by Gasteiger charge is -2.01. The molecule has 0 aromatic heterocycles. The molecule has 1 aromatic rings. The Kier molecular flexibility index (Phi) is 6.31. The topological polar surface area (TPSA) is 58.3 Å². The number of hydrogen-bond donors (Lipinski definition) is 4. The van der Waals surface area contributed by atoms with Crippen molar-refractivity contribution in [2.24, 2.45) is 0 Å². The van der Waals surface area contributed by atoms with Crippen LogP contribution in [-0.4, -0.2) is 23.0 Å². The molecule has 0 aliphatic rings. The van der Waals surface area contributed by atoms with Gasteiger partial charge in [-0.05, 0) is 40.3 Å². The fourth-order valence-electron chi connectivity index (χ4n) is 1.08. The standard InChI is InChI=1S/C11H11Br2N3OS/c1-2-3-14-11(18)16-15-6-7-4-8(12)5-9(13)10(7)17/h2,4-6,17H,1,3H2,(H2,14,16,18)/p+1. The average molecular weight is 394 g/mol. The Morgan fingerprint density at radius 2 is 2.22 bits per heavy atom. The number of benzene rings is 1. The summed E-state index contributed by atoms with van der Waals surface area (Å²) < 4.78 is 1.46. The molecule has 0 atom stereocenters. The third kappa shape index (κ3) is 4.75. The van der Waals surface area contributed by atoms with Crippen LogP contribution in [0.25, 0.3) is 0 Å². The molecule has 4 nitrogen and oxygen atoms in total. The minimum atomic E-state index is 0.150. The third-order valence-corrected chi connectivity index (χ3v) is 3.19. The van der Waals surface area contributed by atoms with Gasteiger partial charge in [0, 0.05) is 11.0 Å². The second kappa shape index (κ2) is 7.50. The molecule has 0 fully saturated rings. The van der Waals surface area contributed by atoms with E-state index in [1.807, 2.05) is 0 Å². The van der Waals surface area contributed by atoms with E-state index in [0.29, 0.717) is 21.7 Å². The summed E-state index contributed by atoms with van der Waals surface area (Å²) in [5, 5.41) is 15.9. The van der Waals surface area contributed by atoms with Crippen LogP contribution in [0.2, 0.25) is 0 Å². The van der Waals surface area contributed by atoms with Crippen molar-refractivity contribution in [3.05, 3.63) is 39.3 Å². The number of thiocarbonyl (C=S) groups is 1. The fraction of sp³-hybridized carbons (Fsp3) is 0.0909. The highest BCUT2D eigenvalue weighted by atomic mass is 79.9. The average Bonchev–Trinajstić information content (AvgIpc) is 2.32. The Labute approximate surface area is 127 Å². The lowest BCUT2D eigenvalue weighted by molar-refractivity contribution is -0.500. The first-order chi connectivity index (χ1) is 8.54. The van der Waals surface area contributed by atoms with Crippen LogP contribution >= 0.6 is 44.1 Å². The molecule has 0 radical (unpaired) electrons. The Bertz CT molecular complexity index is 491. The third-order valence-electron chi connectivity index (χ3n) is 1.88. The van der Waals surface area contributed by atoms with Gasteiger partial charge in [0.05, 0.1) is 10.0 Å². The van der Waals surface area contributed by atoms with Crippen LogP contribution < -0.4 is 15.8 Å². The van der Waals surface area contributed by atoms with Gasteiger partial charge in [-0.2, -0.15) is 0 Å². The molecule has 0 aliphatic carbocycles. The first kappa shape index (κ1) is 15.1. The molecule has 4 N–H and O–H groups in total. The molecule has 0 saturated heterocycles. The quantitative estimate of drug-likeness (QED) is 0.266. The van der Waals surface area contributed by atoms with Gasteiger partial charge in [-0.25, -0.2) is 0 Å². The number of phenolic OH excluding ortho intramolecular Hbond substituents is 1. The van der Waals surface area contributed by atoms with Crippen molar-refractivity contribution in [3.8, 4) is 5.75 Å². The number of hydrogen-bond acceptors (Lipinski definition) is 2. The number of hydrazone groups is 1. The molecule has 0 heterocycles. The van der Waals surface area contributed by atoms with Crippen LogP contribution in [0.3, 0.4) is 0 Å². The van der Waals surface area contributed by atoms with Crippen molar-refractivity contribution >= 4 is 55.4 Å². The van der Waals surface area contributed by atoms with Crippen molar-refractivity contribution in [3.63, 3.8) is 0 Å². The summed E-state index contributed by atoms with van der Waals surface area (Å²) in [6, 6.07) is 3.53. The van der Waals surface area contributed by atoms with Gasteiger partial charge < -0.3 is 10.4 Å². The molecular formula is C11H12Br2N3OS+. The molecule has 7 heteroatoms. The minimum absolute atomic E-state index is 0.150. The van der Waals surface area contributed by atoms with Gasteiger partial charge >= 0.3 is 0 Å². The zero-order valence-electron chi connectivity index (χ0n) is 9.34. The highest BCUT2D eigenvalue weighted by molar-refractivity contribution is 9.11. The van der Waals surface area contributed by atoms with Crippen molar-refractivity contribution in [2.75, 3.05) is 6.54 Å². The molecule has 1 aromatic carbocycles. The van der Waals surface area contributed by atoms with Gasteiger partial charge in [-0.3, -0.25) is 0 Å². The Morgan fingerprint density at radius 1 is 1.50 bits per heavy atom. The van der Waals surface area contributed by atoms with E-state index in [4.69, 9.17) is 12.2 Å². The van der Waals surface area contributed by atoms with E-state index in [0.717, 1.165) is 4.47 Å². The summed E-state index contributed by atoms with van der Waals surface area (Å²) in [5.74, 6) is 0.150. The van der Waals surface area contributed by atoms with E-state index in [1.54, 1.807) is 24.4 Å². The van der Waals surface area contributed by atoms with Gasteiger partial charge in [0.25, 0.3) is 0 Å². The lowest BCUT2D eigenvalue weighted by Crippen LogP contribution is -2.82. The minimum Gasteiger partial charge on any atom is -0.506 e. The maximum atomic E-state index is 9.80. The molecule has 0 spiro atoms. The zero-order chi connectivity index (χ0) is 13.5. The molecule has 0 bridgehead atoms. The van der Waals surface area contributed by atoms with Crippen LogP contribution in [0.1, 0.15) is 5.56 Å². The predicted octanol–water partition coefficient (Wildman–Crippen LogP) is 0.982. The van der Waals surface area contributed by atoms with Crippen molar-refractivity contribution in [2.45, 2.75) is 0 Å². The van der Waals surface area contributed by atoms with E-state index >= 15 is 0 Å². The molecule has 0 unspecified atom stereocenters. The van der Waals surface area contributed by atoms with E-state index in [-0.39, 0.29) is 5.75 Å². The van der Waals surface area contributed by atoms with Gasteiger partial charge in [0.15, 0.2) is 0 Å². The Balaban J connectivity index is 2.67. The number of hydrazine groups is 1.